The Labute approximate surface area is 100 Å². The van der Waals surface area contributed by atoms with Gasteiger partial charge in [-0.1, -0.05) is 13.3 Å². The fourth-order valence-corrected chi connectivity index (χ4v) is 4.27. The topological polar surface area (TPSA) is 61.8 Å². The summed E-state index contributed by atoms with van der Waals surface area (Å²) >= 11 is 1.65. The van der Waals surface area contributed by atoms with E-state index in [1.54, 1.807) is 11.8 Å². The lowest BCUT2D eigenvalue weighted by Crippen LogP contribution is -2.29. The molecule has 2 heterocycles. The highest BCUT2D eigenvalue weighted by Crippen LogP contribution is 2.38. The Balaban J connectivity index is 1.80. The molecule has 5 nitrogen and oxygen atoms in total. The number of ether oxygens (including phenoxy) is 1. The third kappa shape index (κ3) is 2.89. The number of fused-ring (bicyclic) bond motifs is 1. The zero-order valence-corrected chi connectivity index (χ0v) is 10.8. The van der Waals surface area contributed by atoms with Gasteiger partial charge in [0.1, 0.15) is 12.2 Å². The molecule has 0 amide bonds. The van der Waals surface area contributed by atoms with Crippen molar-refractivity contribution >= 4 is 22.2 Å². The maximum Gasteiger partial charge on any atom is 0.400 e. The van der Waals surface area contributed by atoms with E-state index in [0.29, 0.717) is 12.4 Å². The highest BCUT2D eigenvalue weighted by molar-refractivity contribution is 8.00. The summed E-state index contributed by atoms with van der Waals surface area (Å²) in [4.78, 5) is 0. The Morgan fingerprint density at radius 3 is 3.00 bits per heavy atom. The van der Waals surface area contributed by atoms with E-state index in [9.17, 15) is 8.42 Å². The van der Waals surface area contributed by atoms with Crippen molar-refractivity contribution in [1.29, 1.82) is 0 Å². The van der Waals surface area contributed by atoms with Gasteiger partial charge in [0.05, 0.1) is 11.9 Å². The number of hydrogen-bond acceptors (Lipinski definition) is 6. The van der Waals surface area contributed by atoms with Gasteiger partial charge in [-0.25, -0.2) is 8.37 Å². The molecule has 3 atom stereocenters. The van der Waals surface area contributed by atoms with E-state index in [1.165, 1.54) is 0 Å². The quantitative estimate of drug-likeness (QED) is 0.692. The van der Waals surface area contributed by atoms with Crippen LogP contribution in [0.4, 0.5) is 0 Å². The Morgan fingerprint density at radius 1 is 1.44 bits per heavy atom. The van der Waals surface area contributed by atoms with Crippen LogP contribution in [0.2, 0.25) is 0 Å². The minimum Gasteiger partial charge on any atom is -0.380 e. The summed E-state index contributed by atoms with van der Waals surface area (Å²) in [5.41, 5.74) is 0. The average Bonchev–Trinajstić information content (AvgIpc) is 2.69. The molecular weight excluding hydrogens is 252 g/mol. The molecule has 0 aromatic heterocycles. The van der Waals surface area contributed by atoms with Crippen LogP contribution < -0.4 is 0 Å². The lowest BCUT2D eigenvalue weighted by Gasteiger charge is -2.14. The summed E-state index contributed by atoms with van der Waals surface area (Å²) in [5.74, 6) is 0.658. The molecule has 0 saturated carbocycles. The van der Waals surface area contributed by atoms with Gasteiger partial charge >= 0.3 is 10.4 Å². The Morgan fingerprint density at radius 2 is 2.25 bits per heavy atom. The molecule has 0 aliphatic carbocycles. The predicted octanol–water partition coefficient (Wildman–Crippen LogP) is 0.947. The van der Waals surface area contributed by atoms with Crippen LogP contribution in [0.15, 0.2) is 0 Å². The fourth-order valence-electron chi connectivity index (χ4n) is 1.75. The lowest BCUT2D eigenvalue weighted by atomic mass is 10.2. The molecule has 2 saturated heterocycles. The fraction of sp³-hybridized carbons (Fsp3) is 1.00. The van der Waals surface area contributed by atoms with Crippen LogP contribution >= 0.6 is 11.8 Å². The largest absolute Gasteiger partial charge is 0.400 e. The number of thioether (sulfide) groups is 1. The normalized spacial score (nSPS) is 36.4. The van der Waals surface area contributed by atoms with E-state index in [0.717, 1.165) is 19.4 Å². The molecule has 2 rings (SSSR count). The van der Waals surface area contributed by atoms with Crippen LogP contribution in [0.3, 0.4) is 0 Å². The van der Waals surface area contributed by atoms with Gasteiger partial charge in [-0.05, 0) is 6.42 Å². The molecule has 2 aliphatic rings. The van der Waals surface area contributed by atoms with Gasteiger partial charge in [0.25, 0.3) is 0 Å². The summed E-state index contributed by atoms with van der Waals surface area (Å²) < 4.78 is 37.3. The Hall–Kier alpha value is 0.180. The van der Waals surface area contributed by atoms with Crippen LogP contribution in [0.1, 0.15) is 19.8 Å². The number of unbranched alkanes of at least 4 members (excludes halogenated alkanes) is 1. The lowest BCUT2D eigenvalue weighted by molar-refractivity contribution is 0.0952. The summed E-state index contributed by atoms with van der Waals surface area (Å²) in [6.45, 7) is 3.35. The molecule has 1 unspecified atom stereocenters. The van der Waals surface area contributed by atoms with Crippen molar-refractivity contribution in [3.05, 3.63) is 0 Å². The Kier molecular flexibility index (Phi) is 4.12. The second kappa shape index (κ2) is 5.22. The van der Waals surface area contributed by atoms with Crippen LogP contribution in [0.25, 0.3) is 0 Å². The van der Waals surface area contributed by atoms with Gasteiger partial charge in [0.2, 0.25) is 0 Å². The summed E-state index contributed by atoms with van der Waals surface area (Å²) in [6.07, 6.45) is 1.44. The maximum absolute atomic E-state index is 11.1. The van der Waals surface area contributed by atoms with Gasteiger partial charge in [-0.15, -0.1) is 0 Å². The first-order valence-electron chi connectivity index (χ1n) is 5.43. The average molecular weight is 268 g/mol. The first kappa shape index (κ1) is 12.6. The van der Waals surface area contributed by atoms with Crippen LogP contribution in [-0.2, 0) is 23.5 Å². The van der Waals surface area contributed by atoms with E-state index >= 15 is 0 Å². The zero-order valence-electron chi connectivity index (χ0n) is 9.13. The standard InChI is InChI=1S/C9H16O5S2/c1-2-3-4-12-5-8-9-7(6-15-8)13-16(10,11)14-9/h7-9H,2-6H2,1H3/t7-,8?,9-/m0/s1. The van der Waals surface area contributed by atoms with Crippen molar-refractivity contribution in [3.8, 4) is 0 Å². The van der Waals surface area contributed by atoms with Gasteiger partial charge in [-0.2, -0.15) is 20.2 Å². The predicted molar refractivity (Wildman–Crippen MR) is 60.6 cm³/mol. The molecule has 7 heteroatoms. The monoisotopic (exact) mass is 268 g/mol. The van der Waals surface area contributed by atoms with Gasteiger partial charge in [0.15, 0.2) is 0 Å². The first-order chi connectivity index (χ1) is 7.62. The molecule has 0 N–H and O–H groups in total. The second-order valence-corrected chi connectivity index (χ2v) is 6.38. The number of rotatable bonds is 5. The SMILES string of the molecule is CCCCOCC1SC[C@@H]2OS(=O)(=O)O[C@H]12. The highest BCUT2D eigenvalue weighted by Gasteiger charge is 2.49. The van der Waals surface area contributed by atoms with Crippen LogP contribution in [0, 0.1) is 0 Å². The molecule has 0 bridgehead atoms. The van der Waals surface area contributed by atoms with E-state index in [-0.39, 0.29) is 17.5 Å². The van der Waals surface area contributed by atoms with Crippen molar-refractivity contribution in [2.75, 3.05) is 19.0 Å². The minimum atomic E-state index is -3.74. The van der Waals surface area contributed by atoms with E-state index in [4.69, 9.17) is 13.1 Å². The molecule has 94 valence electrons. The van der Waals surface area contributed by atoms with Crippen molar-refractivity contribution in [2.24, 2.45) is 0 Å². The summed E-state index contributed by atoms with van der Waals surface area (Å²) in [5, 5.41) is 0.0686. The van der Waals surface area contributed by atoms with Crippen molar-refractivity contribution in [3.63, 3.8) is 0 Å². The maximum atomic E-state index is 11.1. The van der Waals surface area contributed by atoms with Crippen molar-refractivity contribution in [1.82, 2.24) is 0 Å². The van der Waals surface area contributed by atoms with E-state index in [1.807, 2.05) is 0 Å². The van der Waals surface area contributed by atoms with Crippen LogP contribution in [0.5, 0.6) is 0 Å². The van der Waals surface area contributed by atoms with Crippen LogP contribution in [-0.4, -0.2) is 44.8 Å². The van der Waals surface area contributed by atoms with Crippen molar-refractivity contribution < 1.29 is 21.5 Å². The molecule has 0 radical (unpaired) electrons. The number of hydrogen-bond donors (Lipinski definition) is 0. The molecule has 0 spiro atoms. The van der Waals surface area contributed by atoms with Gasteiger partial charge < -0.3 is 4.74 Å². The third-order valence-corrected chi connectivity index (χ3v) is 4.90. The second-order valence-electron chi connectivity index (χ2n) is 3.90. The van der Waals surface area contributed by atoms with Crippen molar-refractivity contribution in [2.45, 2.75) is 37.2 Å². The first-order valence-corrected chi connectivity index (χ1v) is 7.81. The molecule has 0 aromatic rings. The third-order valence-electron chi connectivity index (χ3n) is 2.60. The highest BCUT2D eigenvalue weighted by atomic mass is 32.3. The summed E-state index contributed by atoms with van der Waals surface area (Å²) in [6, 6.07) is 0. The molecule has 2 fully saturated rings. The molecule has 0 aromatic carbocycles. The van der Waals surface area contributed by atoms with Gasteiger partial charge in [0, 0.05) is 12.4 Å². The Bertz CT molecular complexity index is 329. The molecular formula is C9H16O5S2. The van der Waals surface area contributed by atoms with E-state index < -0.39 is 10.4 Å². The summed E-state index contributed by atoms with van der Waals surface area (Å²) in [7, 11) is -3.74. The van der Waals surface area contributed by atoms with E-state index in [2.05, 4.69) is 6.92 Å². The van der Waals surface area contributed by atoms with Gasteiger partial charge in [-0.3, -0.25) is 0 Å². The molecule has 16 heavy (non-hydrogen) atoms. The smallest absolute Gasteiger partial charge is 0.380 e. The minimum absolute atomic E-state index is 0.0686. The zero-order chi connectivity index (χ0) is 11.6. The molecule has 2 aliphatic heterocycles.